The maximum Gasteiger partial charge on any atom is 0.236 e. The zero-order chi connectivity index (χ0) is 13.6. The molecule has 5 nitrogen and oxygen atoms in total. The molecule has 0 radical (unpaired) electrons. The summed E-state index contributed by atoms with van der Waals surface area (Å²) in [5, 5.41) is 5.99. The Morgan fingerprint density at radius 1 is 1.17 bits per heavy atom. The Morgan fingerprint density at radius 2 is 1.94 bits per heavy atom. The highest BCUT2D eigenvalue weighted by Gasteiger charge is 2.10. The van der Waals surface area contributed by atoms with Crippen LogP contribution in [0, 0.1) is 0 Å². The molecule has 0 spiro atoms. The molecule has 0 aliphatic carbocycles. The molecule has 0 saturated carbocycles. The summed E-state index contributed by atoms with van der Waals surface area (Å²) in [4.78, 5) is 11.6. The smallest absolute Gasteiger partial charge is 0.236 e. The van der Waals surface area contributed by atoms with Crippen molar-refractivity contribution in [2.75, 3.05) is 40.0 Å². The van der Waals surface area contributed by atoms with Crippen LogP contribution in [0.2, 0.25) is 0 Å². The minimum absolute atomic E-state index is 0.0275. The van der Waals surface area contributed by atoms with E-state index in [1.807, 2.05) is 6.92 Å². The highest BCUT2D eigenvalue weighted by molar-refractivity contribution is 5.81. The van der Waals surface area contributed by atoms with Gasteiger partial charge < -0.3 is 20.1 Å². The van der Waals surface area contributed by atoms with Crippen molar-refractivity contribution in [3.05, 3.63) is 0 Å². The lowest BCUT2D eigenvalue weighted by molar-refractivity contribution is -0.122. The quantitative estimate of drug-likeness (QED) is 0.513. The number of carbonyl (C=O) groups is 1. The summed E-state index contributed by atoms with van der Waals surface area (Å²) in [7, 11) is 1.66. The van der Waals surface area contributed by atoms with Crippen LogP contribution in [0.25, 0.3) is 0 Å². The highest BCUT2D eigenvalue weighted by Crippen LogP contribution is 1.88. The molecule has 5 heteroatoms. The van der Waals surface area contributed by atoms with E-state index in [1.54, 1.807) is 7.11 Å². The third-order valence-electron chi connectivity index (χ3n) is 2.56. The molecule has 0 aromatic rings. The zero-order valence-electron chi connectivity index (χ0n) is 12.0. The number of hydrogen-bond donors (Lipinski definition) is 2. The van der Waals surface area contributed by atoms with E-state index in [1.165, 1.54) is 0 Å². The van der Waals surface area contributed by atoms with Gasteiger partial charge in [0, 0.05) is 33.4 Å². The topological polar surface area (TPSA) is 59.6 Å². The standard InChI is InChI=1S/C13H28N2O3/c1-4-5-10-18-11-8-14-12(2)13(16)15-7-6-9-17-3/h12,14H,4-11H2,1-3H3,(H,15,16). The molecule has 0 aromatic heterocycles. The molecule has 1 unspecified atom stereocenters. The van der Waals surface area contributed by atoms with Gasteiger partial charge >= 0.3 is 0 Å². The number of nitrogens with one attached hydrogen (secondary N) is 2. The number of amides is 1. The summed E-state index contributed by atoms with van der Waals surface area (Å²) in [5.41, 5.74) is 0. The molecular formula is C13H28N2O3. The average molecular weight is 260 g/mol. The van der Waals surface area contributed by atoms with Gasteiger partial charge in [0.1, 0.15) is 0 Å². The molecular weight excluding hydrogens is 232 g/mol. The van der Waals surface area contributed by atoms with Crippen LogP contribution in [-0.4, -0.2) is 52.0 Å². The molecule has 108 valence electrons. The first-order valence-corrected chi connectivity index (χ1v) is 6.80. The third kappa shape index (κ3) is 10.5. The van der Waals surface area contributed by atoms with Gasteiger partial charge in [-0.15, -0.1) is 0 Å². The van der Waals surface area contributed by atoms with E-state index in [2.05, 4.69) is 17.6 Å². The molecule has 0 heterocycles. The number of methoxy groups -OCH3 is 1. The number of unbranched alkanes of at least 4 members (excludes halogenated alkanes) is 1. The van der Waals surface area contributed by atoms with E-state index in [4.69, 9.17) is 9.47 Å². The number of rotatable bonds is 12. The van der Waals surface area contributed by atoms with Crippen molar-refractivity contribution in [3.8, 4) is 0 Å². The zero-order valence-corrected chi connectivity index (χ0v) is 12.0. The van der Waals surface area contributed by atoms with Crippen molar-refractivity contribution in [1.29, 1.82) is 0 Å². The van der Waals surface area contributed by atoms with Gasteiger partial charge in [0.2, 0.25) is 5.91 Å². The second kappa shape index (κ2) is 12.8. The molecule has 0 rings (SSSR count). The molecule has 0 bridgehead atoms. The Hall–Kier alpha value is -0.650. The van der Waals surface area contributed by atoms with E-state index in [0.717, 1.165) is 25.9 Å². The van der Waals surface area contributed by atoms with Crippen molar-refractivity contribution in [1.82, 2.24) is 10.6 Å². The van der Waals surface area contributed by atoms with E-state index in [9.17, 15) is 4.79 Å². The molecule has 2 N–H and O–H groups in total. The first kappa shape index (κ1) is 17.4. The lowest BCUT2D eigenvalue weighted by Crippen LogP contribution is -2.43. The molecule has 18 heavy (non-hydrogen) atoms. The van der Waals surface area contributed by atoms with E-state index < -0.39 is 0 Å². The normalized spacial score (nSPS) is 12.4. The maximum absolute atomic E-state index is 11.6. The Bertz CT molecular complexity index is 201. The number of carbonyl (C=O) groups excluding carboxylic acids is 1. The fourth-order valence-corrected chi connectivity index (χ4v) is 1.37. The second-order valence-corrected chi connectivity index (χ2v) is 4.28. The summed E-state index contributed by atoms with van der Waals surface area (Å²) in [6, 6.07) is -0.178. The summed E-state index contributed by atoms with van der Waals surface area (Å²) >= 11 is 0. The summed E-state index contributed by atoms with van der Waals surface area (Å²) in [5.74, 6) is 0.0275. The first-order valence-electron chi connectivity index (χ1n) is 6.80. The Labute approximate surface area is 111 Å². The fourth-order valence-electron chi connectivity index (χ4n) is 1.37. The van der Waals surface area contributed by atoms with Crippen LogP contribution in [-0.2, 0) is 14.3 Å². The summed E-state index contributed by atoms with van der Waals surface area (Å²) in [6.07, 6.45) is 3.08. The van der Waals surface area contributed by atoms with E-state index in [-0.39, 0.29) is 11.9 Å². The largest absolute Gasteiger partial charge is 0.385 e. The van der Waals surface area contributed by atoms with Crippen LogP contribution in [0.1, 0.15) is 33.1 Å². The first-order chi connectivity index (χ1) is 8.72. The van der Waals surface area contributed by atoms with Gasteiger partial charge in [0.05, 0.1) is 12.6 Å². The van der Waals surface area contributed by atoms with Crippen molar-refractivity contribution < 1.29 is 14.3 Å². The van der Waals surface area contributed by atoms with Crippen LogP contribution in [0.5, 0.6) is 0 Å². The Balaban J connectivity index is 3.38. The van der Waals surface area contributed by atoms with Gasteiger partial charge in [-0.05, 0) is 19.8 Å². The Kier molecular flexibility index (Phi) is 12.3. The monoisotopic (exact) mass is 260 g/mol. The van der Waals surface area contributed by atoms with Crippen molar-refractivity contribution >= 4 is 5.91 Å². The van der Waals surface area contributed by atoms with Gasteiger partial charge in [0.15, 0.2) is 0 Å². The molecule has 0 fully saturated rings. The van der Waals surface area contributed by atoms with Gasteiger partial charge in [0.25, 0.3) is 0 Å². The van der Waals surface area contributed by atoms with E-state index >= 15 is 0 Å². The predicted molar refractivity (Wildman–Crippen MR) is 72.7 cm³/mol. The van der Waals surface area contributed by atoms with Crippen molar-refractivity contribution in [2.45, 2.75) is 39.2 Å². The predicted octanol–water partition coefficient (Wildman–Crippen LogP) is 0.934. The van der Waals surface area contributed by atoms with Gasteiger partial charge in [-0.2, -0.15) is 0 Å². The number of ether oxygens (including phenoxy) is 2. The minimum Gasteiger partial charge on any atom is -0.385 e. The Morgan fingerprint density at radius 3 is 2.61 bits per heavy atom. The summed E-state index contributed by atoms with van der Waals surface area (Å²) in [6.45, 7) is 7.49. The maximum atomic E-state index is 11.6. The van der Waals surface area contributed by atoms with Crippen LogP contribution < -0.4 is 10.6 Å². The highest BCUT2D eigenvalue weighted by atomic mass is 16.5. The average Bonchev–Trinajstić information content (AvgIpc) is 2.38. The molecule has 0 saturated heterocycles. The molecule has 1 atom stereocenters. The van der Waals surface area contributed by atoms with Crippen LogP contribution in [0.4, 0.5) is 0 Å². The number of hydrogen-bond acceptors (Lipinski definition) is 4. The van der Waals surface area contributed by atoms with Gasteiger partial charge in [-0.25, -0.2) is 0 Å². The van der Waals surface area contributed by atoms with Crippen molar-refractivity contribution in [2.24, 2.45) is 0 Å². The van der Waals surface area contributed by atoms with Gasteiger partial charge in [-0.3, -0.25) is 4.79 Å². The van der Waals surface area contributed by atoms with Crippen LogP contribution in [0.15, 0.2) is 0 Å². The van der Waals surface area contributed by atoms with Crippen molar-refractivity contribution in [3.63, 3.8) is 0 Å². The molecule has 0 aliphatic heterocycles. The van der Waals surface area contributed by atoms with Crippen LogP contribution in [0.3, 0.4) is 0 Å². The minimum atomic E-state index is -0.178. The summed E-state index contributed by atoms with van der Waals surface area (Å²) < 4.78 is 10.3. The van der Waals surface area contributed by atoms with Crippen LogP contribution >= 0.6 is 0 Å². The van der Waals surface area contributed by atoms with Gasteiger partial charge in [-0.1, -0.05) is 13.3 Å². The SMILES string of the molecule is CCCCOCCNC(C)C(=O)NCCCOC. The lowest BCUT2D eigenvalue weighted by atomic mass is 10.3. The molecule has 0 aromatic carbocycles. The molecule has 0 aliphatic rings. The van der Waals surface area contributed by atoms with E-state index in [0.29, 0.717) is 26.3 Å². The fraction of sp³-hybridized carbons (Fsp3) is 0.923. The lowest BCUT2D eigenvalue weighted by Gasteiger charge is -2.14. The second-order valence-electron chi connectivity index (χ2n) is 4.28. The molecule has 1 amide bonds. The third-order valence-corrected chi connectivity index (χ3v) is 2.56.